The SMILES string of the molecule is CC(C)CC(CNC(=O)[C@@H](N)C(C)(C)C)CC(=O)O. The number of carboxylic acid groups (broad SMARTS) is 1. The highest BCUT2D eigenvalue weighted by molar-refractivity contribution is 5.82. The third-order valence-electron chi connectivity index (χ3n) is 3.05. The molecule has 0 bridgehead atoms. The van der Waals surface area contributed by atoms with E-state index in [-0.39, 0.29) is 23.7 Å². The van der Waals surface area contributed by atoms with Gasteiger partial charge in [-0.1, -0.05) is 34.6 Å². The third-order valence-corrected chi connectivity index (χ3v) is 3.05. The summed E-state index contributed by atoms with van der Waals surface area (Å²) in [6.45, 7) is 10.2. The number of carbonyl (C=O) groups excluding carboxylic acids is 1. The van der Waals surface area contributed by atoms with Crippen molar-refractivity contribution >= 4 is 11.9 Å². The van der Waals surface area contributed by atoms with E-state index in [1.165, 1.54) is 0 Å². The Balaban J connectivity index is 4.38. The van der Waals surface area contributed by atoms with Gasteiger partial charge in [-0.25, -0.2) is 0 Å². The summed E-state index contributed by atoms with van der Waals surface area (Å²) in [5.74, 6) is -0.696. The van der Waals surface area contributed by atoms with Gasteiger partial charge in [0.25, 0.3) is 0 Å². The number of carboxylic acids is 1. The Morgan fingerprint density at radius 2 is 1.79 bits per heavy atom. The van der Waals surface area contributed by atoms with E-state index in [1.807, 2.05) is 34.6 Å². The fourth-order valence-electron chi connectivity index (χ4n) is 1.90. The molecule has 0 saturated heterocycles. The number of rotatable bonds is 7. The van der Waals surface area contributed by atoms with Crippen molar-refractivity contribution < 1.29 is 14.7 Å². The summed E-state index contributed by atoms with van der Waals surface area (Å²) < 4.78 is 0. The van der Waals surface area contributed by atoms with Gasteiger partial charge in [0, 0.05) is 13.0 Å². The summed E-state index contributed by atoms with van der Waals surface area (Å²) in [4.78, 5) is 22.7. The minimum Gasteiger partial charge on any atom is -0.481 e. The Kier molecular flexibility index (Phi) is 7.05. The molecule has 0 aromatic rings. The molecule has 0 radical (unpaired) electrons. The second-order valence-electron chi connectivity index (χ2n) is 6.68. The number of hydrogen-bond donors (Lipinski definition) is 3. The highest BCUT2D eigenvalue weighted by Gasteiger charge is 2.27. The van der Waals surface area contributed by atoms with Crippen molar-refractivity contribution in [3.8, 4) is 0 Å². The molecule has 0 aliphatic rings. The lowest BCUT2D eigenvalue weighted by molar-refractivity contribution is -0.138. The summed E-state index contributed by atoms with van der Waals surface area (Å²) >= 11 is 0. The number of hydrogen-bond acceptors (Lipinski definition) is 3. The van der Waals surface area contributed by atoms with Crippen LogP contribution >= 0.6 is 0 Å². The van der Waals surface area contributed by atoms with Crippen LogP contribution in [0, 0.1) is 17.3 Å². The lowest BCUT2D eigenvalue weighted by Crippen LogP contribution is -2.49. The molecular weight excluding hydrogens is 244 g/mol. The van der Waals surface area contributed by atoms with Crippen LogP contribution in [0.25, 0.3) is 0 Å². The van der Waals surface area contributed by atoms with Crippen molar-refractivity contribution in [1.29, 1.82) is 0 Å². The monoisotopic (exact) mass is 272 g/mol. The molecule has 0 aliphatic heterocycles. The van der Waals surface area contributed by atoms with Gasteiger partial charge in [0.05, 0.1) is 6.04 Å². The molecule has 0 saturated carbocycles. The van der Waals surface area contributed by atoms with E-state index in [2.05, 4.69) is 5.32 Å². The molecule has 112 valence electrons. The van der Waals surface area contributed by atoms with E-state index in [1.54, 1.807) is 0 Å². The van der Waals surface area contributed by atoms with E-state index >= 15 is 0 Å². The first-order valence-electron chi connectivity index (χ1n) is 6.79. The Morgan fingerprint density at radius 3 is 2.16 bits per heavy atom. The van der Waals surface area contributed by atoms with Gasteiger partial charge in [0.1, 0.15) is 0 Å². The van der Waals surface area contributed by atoms with Gasteiger partial charge in [-0.05, 0) is 23.7 Å². The molecule has 0 rings (SSSR count). The summed E-state index contributed by atoms with van der Waals surface area (Å²) in [6, 6.07) is -0.586. The highest BCUT2D eigenvalue weighted by Crippen LogP contribution is 2.18. The Morgan fingerprint density at radius 1 is 1.26 bits per heavy atom. The van der Waals surface area contributed by atoms with Crippen molar-refractivity contribution in [2.75, 3.05) is 6.54 Å². The zero-order valence-electron chi connectivity index (χ0n) is 12.7. The van der Waals surface area contributed by atoms with Crippen LogP contribution in [0.3, 0.4) is 0 Å². The van der Waals surface area contributed by atoms with Gasteiger partial charge < -0.3 is 16.2 Å². The van der Waals surface area contributed by atoms with E-state index in [4.69, 9.17) is 10.8 Å². The minimum absolute atomic E-state index is 0.0476. The third kappa shape index (κ3) is 7.82. The van der Waals surface area contributed by atoms with Gasteiger partial charge in [-0.15, -0.1) is 0 Å². The van der Waals surface area contributed by atoms with Crippen LogP contribution < -0.4 is 11.1 Å². The first-order chi connectivity index (χ1) is 8.54. The van der Waals surface area contributed by atoms with Crippen LogP contribution in [0.1, 0.15) is 47.5 Å². The summed E-state index contributed by atoms with van der Waals surface area (Å²) in [6.07, 6.45) is 0.848. The topological polar surface area (TPSA) is 92.4 Å². The molecular formula is C14H28N2O3. The number of aliphatic carboxylic acids is 1. The normalized spacial score (nSPS) is 15.1. The molecule has 1 unspecified atom stereocenters. The van der Waals surface area contributed by atoms with Crippen molar-refractivity contribution in [3.05, 3.63) is 0 Å². The number of nitrogens with two attached hydrogens (primary N) is 1. The van der Waals surface area contributed by atoms with Crippen molar-refractivity contribution in [3.63, 3.8) is 0 Å². The van der Waals surface area contributed by atoms with Crippen LogP contribution in [0.2, 0.25) is 0 Å². The van der Waals surface area contributed by atoms with Gasteiger partial charge in [-0.3, -0.25) is 9.59 Å². The van der Waals surface area contributed by atoms with E-state index in [0.717, 1.165) is 6.42 Å². The maximum Gasteiger partial charge on any atom is 0.303 e. The molecule has 1 amide bonds. The van der Waals surface area contributed by atoms with Crippen LogP contribution in [0.15, 0.2) is 0 Å². The minimum atomic E-state index is -0.833. The Hall–Kier alpha value is -1.10. The number of nitrogens with one attached hydrogen (secondary N) is 1. The summed E-state index contributed by atoms with van der Waals surface area (Å²) in [5, 5.41) is 11.6. The molecule has 0 fully saturated rings. The zero-order valence-corrected chi connectivity index (χ0v) is 12.7. The van der Waals surface area contributed by atoms with Crippen LogP contribution in [-0.4, -0.2) is 29.6 Å². The van der Waals surface area contributed by atoms with Crippen molar-refractivity contribution in [1.82, 2.24) is 5.32 Å². The average Bonchev–Trinajstić information content (AvgIpc) is 2.21. The molecule has 5 heteroatoms. The number of carbonyl (C=O) groups is 2. The van der Waals surface area contributed by atoms with E-state index in [0.29, 0.717) is 12.5 Å². The molecule has 5 nitrogen and oxygen atoms in total. The summed E-state index contributed by atoms with van der Waals surface area (Å²) in [7, 11) is 0. The van der Waals surface area contributed by atoms with Crippen LogP contribution in [0.5, 0.6) is 0 Å². The van der Waals surface area contributed by atoms with Gasteiger partial charge >= 0.3 is 5.97 Å². The highest BCUT2D eigenvalue weighted by atomic mass is 16.4. The molecule has 0 aliphatic carbocycles. The second kappa shape index (κ2) is 7.48. The molecule has 4 N–H and O–H groups in total. The Labute approximate surface area is 115 Å². The maximum absolute atomic E-state index is 11.9. The fraction of sp³-hybridized carbons (Fsp3) is 0.857. The largest absolute Gasteiger partial charge is 0.481 e. The lowest BCUT2D eigenvalue weighted by atomic mass is 9.86. The van der Waals surface area contributed by atoms with Crippen molar-refractivity contribution in [2.45, 2.75) is 53.5 Å². The molecule has 0 spiro atoms. The fourth-order valence-corrected chi connectivity index (χ4v) is 1.90. The molecule has 2 atom stereocenters. The van der Waals surface area contributed by atoms with Gasteiger partial charge in [0.2, 0.25) is 5.91 Å². The second-order valence-corrected chi connectivity index (χ2v) is 6.68. The smallest absolute Gasteiger partial charge is 0.303 e. The molecule has 19 heavy (non-hydrogen) atoms. The lowest BCUT2D eigenvalue weighted by Gasteiger charge is -2.27. The first kappa shape index (κ1) is 17.9. The predicted octanol–water partition coefficient (Wildman–Crippen LogP) is 1.61. The van der Waals surface area contributed by atoms with Crippen LogP contribution in [0.4, 0.5) is 0 Å². The first-order valence-corrected chi connectivity index (χ1v) is 6.79. The van der Waals surface area contributed by atoms with E-state index in [9.17, 15) is 9.59 Å². The average molecular weight is 272 g/mol. The van der Waals surface area contributed by atoms with Crippen molar-refractivity contribution in [2.24, 2.45) is 23.0 Å². The molecule has 0 heterocycles. The van der Waals surface area contributed by atoms with Crippen LogP contribution in [-0.2, 0) is 9.59 Å². The Bertz CT molecular complexity index is 308. The molecule has 0 aromatic heterocycles. The number of amides is 1. The zero-order chi connectivity index (χ0) is 15.2. The maximum atomic E-state index is 11.9. The predicted molar refractivity (Wildman–Crippen MR) is 75.6 cm³/mol. The van der Waals surface area contributed by atoms with Gasteiger partial charge in [0.15, 0.2) is 0 Å². The van der Waals surface area contributed by atoms with E-state index < -0.39 is 12.0 Å². The summed E-state index contributed by atoms with van der Waals surface area (Å²) in [5.41, 5.74) is 5.55. The van der Waals surface area contributed by atoms with Gasteiger partial charge in [-0.2, -0.15) is 0 Å². The standard InChI is InChI=1S/C14H28N2O3/c1-9(2)6-10(7-11(17)18)8-16-13(19)12(15)14(3,4)5/h9-10,12H,6-8,15H2,1-5H3,(H,16,19)(H,17,18)/t10?,12-/m1/s1. The quantitative estimate of drug-likeness (QED) is 0.656. The molecule has 0 aromatic carbocycles.